The first-order valence-electron chi connectivity index (χ1n) is 6.31. The number of hydrogen-bond donors (Lipinski definition) is 1. The van der Waals surface area contributed by atoms with Gasteiger partial charge in [-0.25, -0.2) is 4.99 Å². The average molecular weight is 406 g/mol. The number of carbonyl (C=O) groups excluding carboxylic acids is 1. The number of amidine groups is 1. The fourth-order valence-corrected chi connectivity index (χ4v) is 3.01. The van der Waals surface area contributed by atoms with E-state index in [4.69, 9.17) is 0 Å². The van der Waals surface area contributed by atoms with Gasteiger partial charge in [0.05, 0.1) is 10.6 Å². The molecule has 0 radical (unpaired) electrons. The van der Waals surface area contributed by atoms with E-state index in [9.17, 15) is 4.79 Å². The van der Waals surface area contributed by atoms with Gasteiger partial charge in [0, 0.05) is 3.57 Å². The smallest absolute Gasteiger partial charge is 0.264 e. The van der Waals surface area contributed by atoms with E-state index in [1.807, 2.05) is 60.7 Å². The molecule has 104 valence electrons. The molecule has 1 N–H and O–H groups in total. The van der Waals surface area contributed by atoms with E-state index >= 15 is 0 Å². The first kappa shape index (κ1) is 14.3. The normalized spacial score (nSPS) is 18.2. The van der Waals surface area contributed by atoms with Crippen LogP contribution in [0.3, 0.4) is 0 Å². The number of nitrogens with zero attached hydrogens (tertiary/aromatic N) is 1. The van der Waals surface area contributed by atoms with E-state index in [0.29, 0.717) is 10.1 Å². The first-order valence-corrected chi connectivity index (χ1v) is 8.20. The molecule has 0 spiro atoms. The van der Waals surface area contributed by atoms with Gasteiger partial charge < -0.3 is 5.32 Å². The summed E-state index contributed by atoms with van der Waals surface area (Å²) in [5.74, 6) is -0.103. The second kappa shape index (κ2) is 6.44. The van der Waals surface area contributed by atoms with Crippen molar-refractivity contribution in [3.63, 3.8) is 0 Å². The summed E-state index contributed by atoms with van der Waals surface area (Å²) in [6, 6.07) is 17.6. The predicted octanol–water partition coefficient (Wildman–Crippen LogP) is 4.18. The van der Waals surface area contributed by atoms with Gasteiger partial charge in [0.1, 0.15) is 0 Å². The number of rotatable bonds is 2. The standard InChI is InChI=1S/C16H11IN2OS/c17-12-8-6-11(7-9-12)10-14-15(20)19-16(21-14)18-13-4-2-1-3-5-13/h1-10H,(H,18,19,20)/b14-10-. The van der Waals surface area contributed by atoms with Crippen molar-refractivity contribution in [2.45, 2.75) is 0 Å². The Morgan fingerprint density at radius 2 is 1.76 bits per heavy atom. The fourth-order valence-electron chi connectivity index (χ4n) is 1.81. The minimum atomic E-state index is -0.103. The van der Waals surface area contributed by atoms with Crippen LogP contribution in [0.5, 0.6) is 0 Å². The van der Waals surface area contributed by atoms with E-state index in [2.05, 4.69) is 32.9 Å². The number of para-hydroxylation sites is 1. The van der Waals surface area contributed by atoms with Crippen molar-refractivity contribution in [2.24, 2.45) is 4.99 Å². The quantitative estimate of drug-likeness (QED) is 0.601. The molecule has 2 aromatic carbocycles. The molecule has 21 heavy (non-hydrogen) atoms. The molecule has 0 bridgehead atoms. The SMILES string of the molecule is O=C1NC(=Nc2ccccc2)S/C1=C\c1ccc(I)cc1. The number of benzene rings is 2. The summed E-state index contributed by atoms with van der Waals surface area (Å²) < 4.78 is 1.17. The van der Waals surface area contributed by atoms with Gasteiger partial charge >= 0.3 is 0 Å². The van der Waals surface area contributed by atoms with Crippen LogP contribution in [0.25, 0.3) is 6.08 Å². The van der Waals surface area contributed by atoms with Crippen LogP contribution in [-0.4, -0.2) is 11.1 Å². The molecule has 3 nitrogen and oxygen atoms in total. The predicted molar refractivity (Wildman–Crippen MR) is 96.4 cm³/mol. The third kappa shape index (κ3) is 3.74. The van der Waals surface area contributed by atoms with E-state index < -0.39 is 0 Å². The fraction of sp³-hybridized carbons (Fsp3) is 0. The number of thioether (sulfide) groups is 1. The Kier molecular flexibility index (Phi) is 4.40. The van der Waals surface area contributed by atoms with Gasteiger partial charge in [-0.3, -0.25) is 4.79 Å². The lowest BCUT2D eigenvalue weighted by Gasteiger charge is -1.95. The number of nitrogens with one attached hydrogen (secondary N) is 1. The molecule has 2 aromatic rings. The molecule has 1 aliphatic rings. The molecular weight excluding hydrogens is 395 g/mol. The second-order valence-corrected chi connectivity index (χ2v) is 6.65. The molecule has 0 atom stereocenters. The van der Waals surface area contributed by atoms with Gasteiger partial charge in [0.2, 0.25) is 0 Å². The Balaban J connectivity index is 1.82. The van der Waals surface area contributed by atoms with Crippen LogP contribution < -0.4 is 5.32 Å². The van der Waals surface area contributed by atoms with Crippen LogP contribution in [0, 0.1) is 3.57 Å². The van der Waals surface area contributed by atoms with Crippen LogP contribution in [-0.2, 0) is 4.79 Å². The molecule has 0 aromatic heterocycles. The molecule has 0 saturated carbocycles. The summed E-state index contributed by atoms with van der Waals surface area (Å²) in [5.41, 5.74) is 1.84. The van der Waals surface area contributed by atoms with Crippen molar-refractivity contribution in [3.05, 3.63) is 68.6 Å². The van der Waals surface area contributed by atoms with Crippen LogP contribution >= 0.6 is 34.4 Å². The highest BCUT2D eigenvalue weighted by Gasteiger charge is 2.23. The van der Waals surface area contributed by atoms with E-state index in [-0.39, 0.29) is 5.91 Å². The van der Waals surface area contributed by atoms with Gasteiger partial charge in [-0.05, 0) is 70.3 Å². The number of carbonyl (C=O) groups is 1. The largest absolute Gasteiger partial charge is 0.300 e. The van der Waals surface area contributed by atoms with E-state index in [1.165, 1.54) is 15.3 Å². The van der Waals surface area contributed by atoms with Crippen LogP contribution in [0.2, 0.25) is 0 Å². The maximum absolute atomic E-state index is 12.0. The minimum Gasteiger partial charge on any atom is -0.300 e. The Labute approximate surface area is 140 Å². The third-order valence-electron chi connectivity index (χ3n) is 2.81. The number of aliphatic imine (C=N–C) groups is 1. The zero-order valence-corrected chi connectivity index (χ0v) is 13.9. The average Bonchev–Trinajstić information content (AvgIpc) is 2.82. The summed E-state index contributed by atoms with van der Waals surface area (Å²) >= 11 is 3.62. The number of hydrogen-bond acceptors (Lipinski definition) is 3. The van der Waals surface area contributed by atoms with E-state index in [0.717, 1.165) is 11.3 Å². The summed E-state index contributed by atoms with van der Waals surface area (Å²) in [6.07, 6.45) is 1.88. The van der Waals surface area contributed by atoms with Gasteiger partial charge in [-0.2, -0.15) is 0 Å². The van der Waals surface area contributed by atoms with Gasteiger partial charge in [0.15, 0.2) is 5.17 Å². The number of amides is 1. The highest BCUT2D eigenvalue weighted by atomic mass is 127. The molecular formula is C16H11IN2OS. The van der Waals surface area contributed by atoms with Crippen molar-refractivity contribution in [1.82, 2.24) is 5.32 Å². The van der Waals surface area contributed by atoms with Crippen molar-refractivity contribution in [2.75, 3.05) is 0 Å². The number of halogens is 1. The van der Waals surface area contributed by atoms with Gasteiger partial charge in [0.25, 0.3) is 5.91 Å². The molecule has 0 aliphatic carbocycles. The summed E-state index contributed by atoms with van der Waals surface area (Å²) in [7, 11) is 0. The van der Waals surface area contributed by atoms with Crippen molar-refractivity contribution >= 4 is 57.2 Å². The third-order valence-corrected chi connectivity index (χ3v) is 4.43. The minimum absolute atomic E-state index is 0.103. The molecule has 0 unspecified atom stereocenters. The molecule has 1 saturated heterocycles. The lowest BCUT2D eigenvalue weighted by molar-refractivity contribution is -0.115. The van der Waals surface area contributed by atoms with Crippen molar-refractivity contribution in [1.29, 1.82) is 0 Å². The molecule has 5 heteroatoms. The zero-order valence-electron chi connectivity index (χ0n) is 10.9. The molecule has 1 fully saturated rings. The topological polar surface area (TPSA) is 41.5 Å². The molecule has 1 heterocycles. The summed E-state index contributed by atoms with van der Waals surface area (Å²) in [5, 5.41) is 3.40. The van der Waals surface area contributed by atoms with Crippen LogP contribution in [0.1, 0.15) is 5.56 Å². The van der Waals surface area contributed by atoms with Gasteiger partial charge in [-0.15, -0.1) is 0 Å². The Bertz CT molecular complexity index is 724. The maximum atomic E-state index is 12.0. The van der Waals surface area contributed by atoms with Crippen LogP contribution in [0.15, 0.2) is 64.5 Å². The Morgan fingerprint density at radius 1 is 1.05 bits per heavy atom. The molecule has 3 rings (SSSR count). The first-order chi connectivity index (χ1) is 10.2. The lowest BCUT2D eigenvalue weighted by atomic mass is 10.2. The molecule has 1 aliphatic heterocycles. The summed E-state index contributed by atoms with van der Waals surface area (Å²) in [6.45, 7) is 0. The second-order valence-electron chi connectivity index (χ2n) is 4.37. The Morgan fingerprint density at radius 3 is 2.48 bits per heavy atom. The van der Waals surface area contributed by atoms with Crippen LogP contribution in [0.4, 0.5) is 5.69 Å². The van der Waals surface area contributed by atoms with Crippen molar-refractivity contribution < 1.29 is 4.79 Å². The highest BCUT2D eigenvalue weighted by molar-refractivity contribution is 14.1. The Hall–Kier alpha value is -1.60. The summed E-state index contributed by atoms with van der Waals surface area (Å²) in [4.78, 5) is 17.0. The highest BCUT2D eigenvalue weighted by Crippen LogP contribution is 2.28. The lowest BCUT2D eigenvalue weighted by Crippen LogP contribution is -2.19. The van der Waals surface area contributed by atoms with E-state index in [1.54, 1.807) is 0 Å². The monoisotopic (exact) mass is 406 g/mol. The van der Waals surface area contributed by atoms with Crippen molar-refractivity contribution in [3.8, 4) is 0 Å². The molecule has 1 amide bonds. The zero-order chi connectivity index (χ0) is 14.7. The maximum Gasteiger partial charge on any atom is 0.264 e. The van der Waals surface area contributed by atoms with Gasteiger partial charge in [-0.1, -0.05) is 30.3 Å².